The van der Waals surface area contributed by atoms with E-state index in [1.54, 1.807) is 13.0 Å². The lowest BCUT2D eigenvalue weighted by Gasteiger charge is -2.33. The van der Waals surface area contributed by atoms with Gasteiger partial charge in [-0.25, -0.2) is 4.31 Å². The SMILES string of the molecule is CC[C@@H](C)NC(=O)[C@@H](C)N(CCc1ccccc1)C(=O)CN(c1cc(C)ccc1C)S(=O)(=O)N(C)C. The van der Waals surface area contributed by atoms with Crippen molar-refractivity contribution in [1.29, 1.82) is 0 Å². The zero-order chi connectivity index (χ0) is 27.0. The Morgan fingerprint density at radius 2 is 1.64 bits per heavy atom. The second-order valence-corrected chi connectivity index (χ2v) is 11.5. The van der Waals surface area contributed by atoms with Crippen LogP contribution >= 0.6 is 0 Å². The van der Waals surface area contributed by atoms with E-state index in [0.29, 0.717) is 12.1 Å². The maximum absolute atomic E-state index is 13.7. The summed E-state index contributed by atoms with van der Waals surface area (Å²) >= 11 is 0. The quantitative estimate of drug-likeness (QED) is 0.469. The third kappa shape index (κ3) is 7.54. The molecule has 0 radical (unpaired) electrons. The summed E-state index contributed by atoms with van der Waals surface area (Å²) in [6, 6.07) is 14.4. The summed E-state index contributed by atoms with van der Waals surface area (Å²) in [4.78, 5) is 28.2. The van der Waals surface area contributed by atoms with Crippen molar-refractivity contribution in [2.75, 3.05) is 31.5 Å². The Kier molecular flexibility index (Phi) is 10.5. The number of hydrogen-bond acceptors (Lipinski definition) is 4. The minimum atomic E-state index is -3.98. The summed E-state index contributed by atoms with van der Waals surface area (Å²) in [5.74, 6) is -0.705. The van der Waals surface area contributed by atoms with Crippen LogP contribution in [0.15, 0.2) is 48.5 Å². The fourth-order valence-corrected chi connectivity index (χ4v) is 4.84. The molecule has 2 rings (SSSR count). The van der Waals surface area contributed by atoms with Crippen LogP contribution in [0.1, 0.15) is 43.9 Å². The van der Waals surface area contributed by atoms with Gasteiger partial charge in [-0.1, -0.05) is 49.4 Å². The average molecular weight is 517 g/mol. The van der Waals surface area contributed by atoms with Crippen LogP contribution in [0.5, 0.6) is 0 Å². The highest BCUT2D eigenvalue weighted by atomic mass is 32.2. The second-order valence-electron chi connectivity index (χ2n) is 9.40. The lowest BCUT2D eigenvalue weighted by molar-refractivity contribution is -0.139. The number of anilines is 1. The molecule has 0 aliphatic carbocycles. The van der Waals surface area contributed by atoms with E-state index in [0.717, 1.165) is 31.7 Å². The van der Waals surface area contributed by atoms with E-state index in [9.17, 15) is 18.0 Å². The van der Waals surface area contributed by atoms with E-state index in [2.05, 4.69) is 5.32 Å². The molecule has 9 heteroatoms. The van der Waals surface area contributed by atoms with Crippen molar-refractivity contribution in [3.8, 4) is 0 Å². The molecule has 0 saturated heterocycles. The molecule has 2 atom stereocenters. The van der Waals surface area contributed by atoms with E-state index in [-0.39, 0.29) is 18.5 Å². The van der Waals surface area contributed by atoms with Crippen LogP contribution in [0.25, 0.3) is 0 Å². The number of benzene rings is 2. The predicted octanol–water partition coefficient (Wildman–Crippen LogP) is 3.29. The zero-order valence-corrected chi connectivity index (χ0v) is 23.3. The third-order valence-corrected chi connectivity index (χ3v) is 8.11. The molecule has 0 aromatic heterocycles. The number of amides is 2. The number of carbonyl (C=O) groups excluding carboxylic acids is 2. The zero-order valence-electron chi connectivity index (χ0n) is 22.5. The van der Waals surface area contributed by atoms with Crippen molar-refractivity contribution in [1.82, 2.24) is 14.5 Å². The van der Waals surface area contributed by atoms with Gasteiger partial charge in [-0.3, -0.25) is 9.59 Å². The van der Waals surface area contributed by atoms with Gasteiger partial charge in [0.05, 0.1) is 5.69 Å². The van der Waals surface area contributed by atoms with Crippen LogP contribution in [0.3, 0.4) is 0 Å². The Morgan fingerprint density at radius 3 is 2.22 bits per heavy atom. The van der Waals surface area contributed by atoms with Crippen LogP contribution in [-0.4, -0.2) is 68.7 Å². The Bertz CT molecular complexity index is 1140. The smallest absolute Gasteiger partial charge is 0.304 e. The molecule has 0 spiro atoms. The highest BCUT2D eigenvalue weighted by Gasteiger charge is 2.33. The van der Waals surface area contributed by atoms with Crippen molar-refractivity contribution >= 4 is 27.7 Å². The molecular formula is C27H40N4O4S. The van der Waals surface area contributed by atoms with Gasteiger partial charge in [0.15, 0.2) is 0 Å². The monoisotopic (exact) mass is 516 g/mol. The van der Waals surface area contributed by atoms with E-state index >= 15 is 0 Å². The first-order valence-corrected chi connectivity index (χ1v) is 13.7. The van der Waals surface area contributed by atoms with Gasteiger partial charge in [-0.05, 0) is 63.3 Å². The van der Waals surface area contributed by atoms with Crippen LogP contribution in [-0.2, 0) is 26.2 Å². The molecule has 198 valence electrons. The van der Waals surface area contributed by atoms with E-state index < -0.39 is 28.7 Å². The Balaban J connectivity index is 2.43. The van der Waals surface area contributed by atoms with Gasteiger partial charge >= 0.3 is 10.2 Å². The minimum absolute atomic E-state index is 0.0356. The molecule has 0 unspecified atom stereocenters. The molecular weight excluding hydrogens is 476 g/mol. The number of rotatable bonds is 12. The summed E-state index contributed by atoms with van der Waals surface area (Å²) in [5.41, 5.74) is 3.08. The normalized spacial score (nSPS) is 13.2. The van der Waals surface area contributed by atoms with Gasteiger partial charge in [-0.15, -0.1) is 0 Å². The molecule has 2 aromatic rings. The van der Waals surface area contributed by atoms with Crippen molar-refractivity contribution in [3.63, 3.8) is 0 Å². The lowest BCUT2D eigenvalue weighted by Crippen LogP contribution is -2.54. The maximum Gasteiger partial charge on any atom is 0.304 e. The summed E-state index contributed by atoms with van der Waals surface area (Å²) in [6.07, 6.45) is 1.30. The summed E-state index contributed by atoms with van der Waals surface area (Å²) in [7, 11) is -1.10. The second kappa shape index (κ2) is 12.9. The van der Waals surface area contributed by atoms with Crippen LogP contribution in [0, 0.1) is 13.8 Å². The molecule has 0 saturated carbocycles. The fraction of sp³-hybridized carbons (Fsp3) is 0.481. The molecule has 0 heterocycles. The molecule has 0 aliphatic rings. The van der Waals surface area contributed by atoms with E-state index in [1.165, 1.54) is 19.0 Å². The van der Waals surface area contributed by atoms with Gasteiger partial charge in [0.2, 0.25) is 11.8 Å². The number of nitrogens with zero attached hydrogens (tertiary/aromatic N) is 3. The van der Waals surface area contributed by atoms with Crippen LogP contribution in [0.4, 0.5) is 5.69 Å². The summed E-state index contributed by atoms with van der Waals surface area (Å²) in [6.45, 7) is 9.12. The molecule has 0 fully saturated rings. The highest BCUT2D eigenvalue weighted by molar-refractivity contribution is 7.90. The molecule has 2 aromatic carbocycles. The minimum Gasteiger partial charge on any atom is -0.352 e. The number of hydrogen-bond donors (Lipinski definition) is 1. The standard InChI is InChI=1S/C27H40N4O4S/c1-8-22(4)28-27(33)23(5)30(17-16-24-12-10-9-11-13-24)26(32)19-31(36(34,35)29(6)7)25-18-20(2)14-15-21(25)3/h9-15,18,22-23H,8,16-17,19H2,1-7H3,(H,28,33)/t22-,23-/m1/s1. The first-order chi connectivity index (χ1) is 16.9. The Morgan fingerprint density at radius 1 is 1.00 bits per heavy atom. The van der Waals surface area contributed by atoms with Crippen molar-refractivity contribution in [2.45, 2.75) is 59.5 Å². The summed E-state index contributed by atoms with van der Waals surface area (Å²) < 4.78 is 28.9. The third-order valence-electron chi connectivity index (χ3n) is 6.30. The predicted molar refractivity (Wildman–Crippen MR) is 145 cm³/mol. The molecule has 1 N–H and O–H groups in total. The van der Waals surface area contributed by atoms with Crippen molar-refractivity contribution < 1.29 is 18.0 Å². The number of aryl methyl sites for hydroxylation is 2. The topological polar surface area (TPSA) is 90.0 Å². The Hall–Kier alpha value is -2.91. The summed E-state index contributed by atoms with van der Waals surface area (Å²) in [5, 5.41) is 2.94. The van der Waals surface area contributed by atoms with E-state index in [1.807, 2.05) is 70.2 Å². The fourth-order valence-electron chi connectivity index (χ4n) is 3.73. The maximum atomic E-state index is 13.7. The van der Waals surface area contributed by atoms with Gasteiger partial charge in [0.1, 0.15) is 12.6 Å². The Labute approximate surface area is 216 Å². The largest absolute Gasteiger partial charge is 0.352 e. The van der Waals surface area contributed by atoms with Gasteiger partial charge in [0.25, 0.3) is 0 Å². The molecule has 2 amide bonds. The highest BCUT2D eigenvalue weighted by Crippen LogP contribution is 2.25. The average Bonchev–Trinajstić information content (AvgIpc) is 2.84. The van der Waals surface area contributed by atoms with Crippen molar-refractivity contribution in [2.24, 2.45) is 0 Å². The van der Waals surface area contributed by atoms with Gasteiger partial charge in [-0.2, -0.15) is 12.7 Å². The molecule has 36 heavy (non-hydrogen) atoms. The first-order valence-electron chi connectivity index (χ1n) is 12.3. The van der Waals surface area contributed by atoms with Crippen molar-refractivity contribution in [3.05, 3.63) is 65.2 Å². The van der Waals surface area contributed by atoms with Crippen LogP contribution < -0.4 is 9.62 Å². The number of carbonyl (C=O) groups is 2. The first kappa shape index (κ1) is 29.3. The van der Waals surface area contributed by atoms with Gasteiger partial charge in [0, 0.05) is 26.7 Å². The molecule has 0 aliphatic heterocycles. The van der Waals surface area contributed by atoms with E-state index in [4.69, 9.17) is 0 Å². The van der Waals surface area contributed by atoms with Crippen LogP contribution in [0.2, 0.25) is 0 Å². The number of nitrogens with one attached hydrogen (secondary N) is 1. The molecule has 8 nitrogen and oxygen atoms in total. The molecule has 0 bridgehead atoms. The lowest BCUT2D eigenvalue weighted by atomic mass is 10.1. The van der Waals surface area contributed by atoms with Gasteiger partial charge < -0.3 is 10.2 Å².